The molecule has 10 aromatic carbocycles. The Morgan fingerprint density at radius 2 is 0.627 bits per heavy atom. The average Bonchev–Trinajstić information content (AvgIpc) is 3.89. The van der Waals surface area contributed by atoms with Crippen molar-refractivity contribution < 1.29 is 0 Å². The number of hydrogen-bond acceptors (Lipinski definition) is 5. The van der Waals surface area contributed by atoms with Gasteiger partial charge in [0, 0.05) is 61.7 Å². The van der Waals surface area contributed by atoms with Crippen LogP contribution in [0.1, 0.15) is 45.2 Å². The lowest BCUT2D eigenvalue weighted by molar-refractivity contribution is 0.755. The van der Waals surface area contributed by atoms with Crippen LogP contribution >= 0.6 is 0 Å². The third-order valence-corrected chi connectivity index (χ3v) is 15.2. The molecule has 3 aromatic heterocycles. The van der Waals surface area contributed by atoms with Gasteiger partial charge in [-0.15, -0.1) is 0 Å². The van der Waals surface area contributed by atoms with Crippen LogP contribution in [-0.4, -0.2) is 29.5 Å². The summed E-state index contributed by atoms with van der Waals surface area (Å²) < 4.78 is 2.36. The summed E-state index contributed by atoms with van der Waals surface area (Å²) in [5.41, 5.74) is 21.4. The van der Waals surface area contributed by atoms with E-state index < -0.39 is 0 Å². The summed E-state index contributed by atoms with van der Waals surface area (Å²) >= 11 is 0. The fourth-order valence-corrected chi connectivity index (χ4v) is 11.8. The van der Waals surface area contributed by atoms with Crippen molar-refractivity contribution in [2.45, 2.75) is 11.8 Å². The van der Waals surface area contributed by atoms with Crippen molar-refractivity contribution in [3.8, 4) is 84.9 Å². The molecule has 75 heavy (non-hydrogen) atoms. The van der Waals surface area contributed by atoms with Crippen LogP contribution in [0.25, 0.3) is 107 Å². The molecule has 3 aliphatic rings. The third kappa shape index (κ3) is 7.21. The van der Waals surface area contributed by atoms with Crippen molar-refractivity contribution in [2.75, 3.05) is 0 Å². The average molecular weight is 957 g/mol. The second kappa shape index (κ2) is 17.4. The van der Waals surface area contributed by atoms with Crippen LogP contribution in [0, 0.1) is 0 Å². The molecule has 0 fully saturated rings. The highest BCUT2D eigenvalue weighted by Gasteiger charge is 2.41. The standard InChI is InChI=1S/C69H44N6/c1-4-18-43(19-5-1)66-70-60(42-61(71-66)49-26-17-27-51(39-49)75-62-32-14-12-28-52(62)53-29-13-15-33-63(53)75)48-25-16-24-46(38-48)47-34-36-56-58(40-47)64-54-30-10-11-31-55(54)65(56)59-41-50(35-37-57(59)64)69-73-67(44-20-6-2-7-21-44)72-68(74-69)45-22-8-3-9-23-45/h1-42,64-65H. The van der Waals surface area contributed by atoms with Crippen molar-refractivity contribution in [3.05, 3.63) is 288 Å². The Hall–Kier alpha value is -9.91. The predicted octanol–water partition coefficient (Wildman–Crippen LogP) is 16.4. The van der Waals surface area contributed by atoms with Gasteiger partial charge in [0.1, 0.15) is 0 Å². The van der Waals surface area contributed by atoms with E-state index in [0.717, 1.165) is 56.0 Å². The quantitative estimate of drug-likeness (QED) is 0.152. The smallest absolute Gasteiger partial charge is 0.164 e. The van der Waals surface area contributed by atoms with Gasteiger partial charge in [-0.05, 0) is 93.0 Å². The van der Waals surface area contributed by atoms with Crippen LogP contribution in [0.5, 0.6) is 0 Å². The number of benzene rings is 10. The molecule has 0 saturated heterocycles. The topological polar surface area (TPSA) is 69.4 Å². The van der Waals surface area contributed by atoms with E-state index in [9.17, 15) is 0 Å². The van der Waals surface area contributed by atoms with Crippen molar-refractivity contribution in [2.24, 2.45) is 0 Å². The molecule has 13 aromatic rings. The highest BCUT2D eigenvalue weighted by atomic mass is 15.0. The number of fused-ring (bicyclic) bond motifs is 3. The summed E-state index contributed by atoms with van der Waals surface area (Å²) in [6.07, 6.45) is 0. The van der Waals surface area contributed by atoms with E-state index in [1.807, 2.05) is 54.6 Å². The van der Waals surface area contributed by atoms with Crippen LogP contribution in [0.15, 0.2) is 255 Å². The second-order valence-electron chi connectivity index (χ2n) is 19.5. The second-order valence-corrected chi connectivity index (χ2v) is 19.5. The normalized spacial score (nSPS) is 14.1. The van der Waals surface area contributed by atoms with Crippen LogP contribution in [0.2, 0.25) is 0 Å². The molecule has 2 atom stereocenters. The Kier molecular flexibility index (Phi) is 9.91. The zero-order chi connectivity index (χ0) is 49.4. The first-order valence-corrected chi connectivity index (χ1v) is 25.5. The molecule has 350 valence electrons. The summed E-state index contributed by atoms with van der Waals surface area (Å²) in [6, 6.07) is 90.6. The number of nitrogens with zero attached hydrogens (tertiary/aromatic N) is 6. The van der Waals surface area contributed by atoms with Crippen molar-refractivity contribution in [1.29, 1.82) is 0 Å². The molecule has 16 rings (SSSR count). The van der Waals surface area contributed by atoms with Gasteiger partial charge in [-0.3, -0.25) is 0 Å². The fourth-order valence-electron chi connectivity index (χ4n) is 11.8. The monoisotopic (exact) mass is 956 g/mol. The molecule has 0 amide bonds. The Bertz CT molecular complexity index is 4260. The molecule has 6 heteroatoms. The highest BCUT2D eigenvalue weighted by molar-refractivity contribution is 6.09. The Labute approximate surface area is 434 Å². The van der Waals surface area contributed by atoms with E-state index >= 15 is 0 Å². The van der Waals surface area contributed by atoms with Crippen molar-refractivity contribution >= 4 is 21.8 Å². The van der Waals surface area contributed by atoms with Gasteiger partial charge in [0.05, 0.1) is 22.4 Å². The molecule has 0 radical (unpaired) electrons. The molecule has 3 aliphatic carbocycles. The fraction of sp³-hybridized carbons (Fsp3) is 0.0290. The molecular formula is C69H44N6. The lowest BCUT2D eigenvalue weighted by atomic mass is 9.60. The Morgan fingerprint density at radius 3 is 1.19 bits per heavy atom. The summed E-state index contributed by atoms with van der Waals surface area (Å²) in [7, 11) is 0. The van der Waals surface area contributed by atoms with Gasteiger partial charge in [0.25, 0.3) is 0 Å². The molecule has 0 saturated carbocycles. The zero-order valence-electron chi connectivity index (χ0n) is 40.6. The lowest BCUT2D eigenvalue weighted by Crippen LogP contribution is -2.27. The van der Waals surface area contributed by atoms with E-state index in [-0.39, 0.29) is 11.8 Å². The number of aromatic nitrogens is 6. The molecule has 0 spiro atoms. The molecular weight excluding hydrogens is 913 g/mol. The predicted molar refractivity (Wildman–Crippen MR) is 303 cm³/mol. The van der Waals surface area contributed by atoms with Crippen molar-refractivity contribution in [3.63, 3.8) is 0 Å². The SMILES string of the molecule is c1ccc(-c2nc(-c3cccc(-c4ccc5c(c4)C4c6ccccc6C5c5cc(-c6nc(-c7ccccc7)nc(-c7ccccc7)n6)ccc54)c3)cc(-c3cccc(-n4c5ccccc5c5ccccc54)c3)n2)cc1. The van der Waals surface area contributed by atoms with Gasteiger partial charge in [-0.25, -0.2) is 24.9 Å². The molecule has 2 unspecified atom stereocenters. The van der Waals surface area contributed by atoms with Gasteiger partial charge in [-0.1, -0.05) is 206 Å². The molecule has 6 nitrogen and oxygen atoms in total. The van der Waals surface area contributed by atoms with Crippen LogP contribution in [0.3, 0.4) is 0 Å². The lowest BCUT2D eigenvalue weighted by Gasteiger charge is -2.42. The Morgan fingerprint density at radius 1 is 0.240 bits per heavy atom. The summed E-state index contributed by atoms with van der Waals surface area (Å²) in [5.74, 6) is 2.79. The van der Waals surface area contributed by atoms with Crippen LogP contribution in [-0.2, 0) is 0 Å². The van der Waals surface area contributed by atoms with Crippen LogP contribution < -0.4 is 0 Å². The maximum atomic E-state index is 5.28. The summed E-state index contributed by atoms with van der Waals surface area (Å²) in [6.45, 7) is 0. The van der Waals surface area contributed by atoms with Crippen LogP contribution in [0.4, 0.5) is 0 Å². The first kappa shape index (κ1) is 42.7. The van der Waals surface area contributed by atoms with E-state index in [2.05, 4.69) is 205 Å². The van der Waals surface area contributed by atoms with E-state index in [0.29, 0.717) is 23.3 Å². The molecule has 0 N–H and O–H groups in total. The maximum absolute atomic E-state index is 5.28. The Balaban J connectivity index is 0.813. The summed E-state index contributed by atoms with van der Waals surface area (Å²) in [5, 5.41) is 2.47. The van der Waals surface area contributed by atoms with Gasteiger partial charge in [-0.2, -0.15) is 0 Å². The first-order valence-electron chi connectivity index (χ1n) is 25.5. The van der Waals surface area contributed by atoms with E-state index in [1.165, 1.54) is 60.8 Å². The largest absolute Gasteiger partial charge is 0.309 e. The first-order chi connectivity index (χ1) is 37.2. The number of para-hydroxylation sites is 2. The van der Waals surface area contributed by atoms with Crippen molar-refractivity contribution in [1.82, 2.24) is 29.5 Å². The third-order valence-electron chi connectivity index (χ3n) is 15.2. The van der Waals surface area contributed by atoms with E-state index in [4.69, 9.17) is 24.9 Å². The number of hydrogen-bond donors (Lipinski definition) is 0. The van der Waals surface area contributed by atoms with E-state index in [1.54, 1.807) is 0 Å². The number of rotatable bonds is 8. The minimum atomic E-state index is 0.0601. The highest BCUT2D eigenvalue weighted by Crippen LogP contribution is 2.57. The molecule has 0 aliphatic heterocycles. The minimum Gasteiger partial charge on any atom is -0.309 e. The molecule has 3 heterocycles. The van der Waals surface area contributed by atoms with Gasteiger partial charge >= 0.3 is 0 Å². The van der Waals surface area contributed by atoms with Gasteiger partial charge < -0.3 is 4.57 Å². The zero-order valence-corrected chi connectivity index (χ0v) is 40.6. The van der Waals surface area contributed by atoms with Gasteiger partial charge in [0.2, 0.25) is 0 Å². The molecule has 2 bridgehead atoms. The summed E-state index contributed by atoms with van der Waals surface area (Å²) in [4.78, 5) is 25.7. The maximum Gasteiger partial charge on any atom is 0.164 e. The minimum absolute atomic E-state index is 0.0601. The van der Waals surface area contributed by atoms with Gasteiger partial charge in [0.15, 0.2) is 23.3 Å².